The Bertz CT molecular complexity index is 1930. The van der Waals surface area contributed by atoms with E-state index in [4.69, 9.17) is 37.0 Å². The van der Waals surface area contributed by atoms with Gasteiger partial charge in [0.1, 0.15) is 19.3 Å². The first kappa shape index (κ1) is 99.1. The number of ether oxygens (including phenoxy) is 4. The monoisotopic (exact) mass is 1480 g/mol. The molecule has 3 N–H and O–H groups in total. The molecule has 0 heterocycles. The van der Waals surface area contributed by atoms with Crippen LogP contribution in [0.1, 0.15) is 439 Å². The number of rotatable bonds is 82. The molecule has 19 heteroatoms. The molecular weight excluding hydrogens is 1320 g/mol. The van der Waals surface area contributed by atoms with E-state index in [0.29, 0.717) is 25.7 Å². The molecule has 0 aliphatic carbocycles. The number of carbonyl (C=O) groups is 4. The van der Waals surface area contributed by atoms with Gasteiger partial charge in [-0.3, -0.25) is 37.3 Å². The van der Waals surface area contributed by atoms with Crippen molar-refractivity contribution in [1.82, 2.24) is 0 Å². The summed E-state index contributed by atoms with van der Waals surface area (Å²) >= 11 is 0. The second-order valence-electron chi connectivity index (χ2n) is 30.0. The molecule has 0 amide bonds. The summed E-state index contributed by atoms with van der Waals surface area (Å²) in [6.07, 6.45) is 66.9. The maximum Gasteiger partial charge on any atom is 0.472 e. The average Bonchev–Trinajstić information content (AvgIpc) is 0.925. The van der Waals surface area contributed by atoms with Gasteiger partial charge in [-0.2, -0.15) is 0 Å². The highest BCUT2D eigenvalue weighted by molar-refractivity contribution is 7.47. The van der Waals surface area contributed by atoms with Gasteiger partial charge in [-0.15, -0.1) is 0 Å². The lowest BCUT2D eigenvalue weighted by Gasteiger charge is -2.21. The summed E-state index contributed by atoms with van der Waals surface area (Å²) in [5.41, 5.74) is 0. The Morgan fingerprint density at radius 2 is 0.455 bits per heavy atom. The fourth-order valence-electron chi connectivity index (χ4n) is 12.8. The summed E-state index contributed by atoms with van der Waals surface area (Å²) in [4.78, 5) is 72.9. The first-order chi connectivity index (χ1) is 49.0. The van der Waals surface area contributed by atoms with Crippen LogP contribution in [0.25, 0.3) is 0 Å². The second-order valence-corrected chi connectivity index (χ2v) is 32.9. The Hall–Kier alpha value is -1.94. The van der Waals surface area contributed by atoms with Gasteiger partial charge in [-0.25, -0.2) is 9.13 Å². The molecule has 2 unspecified atom stereocenters. The van der Waals surface area contributed by atoms with Gasteiger partial charge in [-0.05, 0) is 31.6 Å². The molecule has 0 aromatic carbocycles. The standard InChI is InChI=1S/C82H160O17P2/c1-6-9-12-15-18-20-22-24-26-28-30-31-32-33-35-37-39-43-47-52-57-62-67-81(86)99-78(72-93-80(85)66-61-56-51-46-42-38-36-34-29-27-25-23-21-19-16-13-10-7-2)74-97-101(90,91)95-70-76(83)69-94-100(88,89)96-73-77(71-92-79(84)65-60-55-49-17-14-11-8-3)98-82(87)68-63-58-53-48-44-40-41-45-50-54-59-64-75(4)5/h75-78,83H,6-74H2,1-5H3,(H,88,89)(H,90,91)/t76-,77+,78+/m0/s1. The first-order valence-electron chi connectivity index (χ1n) is 42.6. The molecule has 0 saturated carbocycles. The van der Waals surface area contributed by atoms with E-state index in [1.165, 1.54) is 250 Å². The lowest BCUT2D eigenvalue weighted by Crippen LogP contribution is -2.30. The van der Waals surface area contributed by atoms with Crippen LogP contribution >= 0.6 is 15.6 Å². The highest BCUT2D eigenvalue weighted by Crippen LogP contribution is 2.45. The number of unbranched alkanes of at least 4 members (excludes halogenated alkanes) is 54. The fraction of sp³-hybridized carbons (Fsp3) is 0.951. The number of hydrogen-bond donors (Lipinski definition) is 3. The molecule has 0 rings (SSSR count). The van der Waals surface area contributed by atoms with Gasteiger partial charge in [0, 0.05) is 25.7 Å². The van der Waals surface area contributed by atoms with E-state index in [0.717, 1.165) is 109 Å². The van der Waals surface area contributed by atoms with Crippen molar-refractivity contribution in [2.75, 3.05) is 39.6 Å². The molecule has 600 valence electrons. The van der Waals surface area contributed by atoms with Gasteiger partial charge in [0.05, 0.1) is 26.4 Å². The van der Waals surface area contributed by atoms with Crippen LogP contribution in [0.15, 0.2) is 0 Å². The number of hydrogen-bond acceptors (Lipinski definition) is 15. The summed E-state index contributed by atoms with van der Waals surface area (Å²) in [5.74, 6) is -1.35. The SMILES string of the molecule is CCCCCCCCCCCCCCCCCCCCCCCCC(=O)O[C@H](COC(=O)CCCCCCCCCCCCCCCCCCCC)COP(=O)(O)OC[C@@H](O)COP(=O)(O)OC[C@@H](COC(=O)CCCCCCCCC)OC(=O)CCCCCCCCCCCCCC(C)C. The zero-order chi connectivity index (χ0) is 74.1. The van der Waals surface area contributed by atoms with Crippen molar-refractivity contribution < 1.29 is 80.2 Å². The Morgan fingerprint density at radius 1 is 0.267 bits per heavy atom. The van der Waals surface area contributed by atoms with Crippen molar-refractivity contribution in [3.63, 3.8) is 0 Å². The van der Waals surface area contributed by atoms with Crippen molar-refractivity contribution in [2.45, 2.75) is 457 Å². The molecule has 0 aromatic rings. The summed E-state index contributed by atoms with van der Waals surface area (Å²) in [7, 11) is -9.91. The molecule has 0 saturated heterocycles. The number of aliphatic hydroxyl groups excluding tert-OH is 1. The molecule has 17 nitrogen and oxygen atoms in total. The van der Waals surface area contributed by atoms with Crippen LogP contribution in [0.3, 0.4) is 0 Å². The van der Waals surface area contributed by atoms with Crippen LogP contribution in [0, 0.1) is 5.92 Å². The Labute approximate surface area is 619 Å². The fourth-order valence-corrected chi connectivity index (χ4v) is 14.3. The van der Waals surface area contributed by atoms with Crippen molar-refractivity contribution in [3.8, 4) is 0 Å². The Balaban J connectivity index is 5.16. The molecule has 0 radical (unpaired) electrons. The van der Waals surface area contributed by atoms with Crippen LogP contribution in [0.2, 0.25) is 0 Å². The average molecular weight is 1480 g/mol. The van der Waals surface area contributed by atoms with Crippen molar-refractivity contribution in [1.29, 1.82) is 0 Å². The summed E-state index contributed by atoms with van der Waals surface area (Å²) in [6.45, 7) is 7.29. The highest BCUT2D eigenvalue weighted by atomic mass is 31.2. The molecule has 5 atom stereocenters. The highest BCUT2D eigenvalue weighted by Gasteiger charge is 2.30. The predicted octanol–water partition coefficient (Wildman–Crippen LogP) is 24.8. The lowest BCUT2D eigenvalue weighted by atomic mass is 10.0. The molecule has 0 fully saturated rings. The third kappa shape index (κ3) is 76.1. The van der Waals surface area contributed by atoms with Gasteiger partial charge in [0.15, 0.2) is 12.2 Å². The van der Waals surface area contributed by atoms with Crippen LogP contribution < -0.4 is 0 Å². The minimum atomic E-state index is -4.96. The van der Waals surface area contributed by atoms with Crippen molar-refractivity contribution in [2.24, 2.45) is 5.92 Å². The smallest absolute Gasteiger partial charge is 0.462 e. The predicted molar refractivity (Wildman–Crippen MR) is 414 cm³/mol. The third-order valence-corrected chi connectivity index (χ3v) is 21.2. The van der Waals surface area contributed by atoms with Gasteiger partial charge < -0.3 is 33.8 Å². The van der Waals surface area contributed by atoms with Crippen LogP contribution in [0.5, 0.6) is 0 Å². The maximum atomic E-state index is 13.1. The normalized spacial score (nSPS) is 13.8. The Morgan fingerprint density at radius 3 is 0.673 bits per heavy atom. The number of phosphoric acid groups is 2. The van der Waals surface area contributed by atoms with E-state index in [1.54, 1.807) is 0 Å². The van der Waals surface area contributed by atoms with Crippen LogP contribution in [-0.2, 0) is 65.4 Å². The zero-order valence-electron chi connectivity index (χ0n) is 66.1. The number of carbonyl (C=O) groups excluding carboxylic acids is 4. The summed E-state index contributed by atoms with van der Waals surface area (Å²) in [5, 5.41) is 10.6. The van der Waals surface area contributed by atoms with Crippen LogP contribution in [0.4, 0.5) is 0 Å². The van der Waals surface area contributed by atoms with Gasteiger partial charge in [-0.1, -0.05) is 388 Å². The van der Waals surface area contributed by atoms with Crippen molar-refractivity contribution in [3.05, 3.63) is 0 Å². The molecule has 101 heavy (non-hydrogen) atoms. The summed E-state index contributed by atoms with van der Waals surface area (Å²) < 4.78 is 68.6. The third-order valence-electron chi connectivity index (χ3n) is 19.3. The number of phosphoric ester groups is 2. The van der Waals surface area contributed by atoms with Gasteiger partial charge in [0.25, 0.3) is 0 Å². The van der Waals surface area contributed by atoms with E-state index in [2.05, 4.69) is 34.6 Å². The molecule has 0 spiro atoms. The van der Waals surface area contributed by atoms with Gasteiger partial charge in [0.2, 0.25) is 0 Å². The maximum absolute atomic E-state index is 13.1. The van der Waals surface area contributed by atoms with E-state index in [1.807, 2.05) is 0 Å². The number of esters is 4. The van der Waals surface area contributed by atoms with E-state index in [-0.39, 0.29) is 25.7 Å². The molecule has 0 aliphatic heterocycles. The van der Waals surface area contributed by atoms with E-state index in [9.17, 15) is 43.2 Å². The minimum absolute atomic E-state index is 0.107. The molecule has 0 aromatic heterocycles. The van der Waals surface area contributed by atoms with Gasteiger partial charge >= 0.3 is 39.5 Å². The van der Waals surface area contributed by atoms with E-state index < -0.39 is 97.5 Å². The molecular formula is C82H160O17P2. The topological polar surface area (TPSA) is 237 Å². The van der Waals surface area contributed by atoms with E-state index >= 15 is 0 Å². The summed E-state index contributed by atoms with van der Waals surface area (Å²) in [6, 6.07) is 0. The quantitative estimate of drug-likeness (QED) is 0.0222. The largest absolute Gasteiger partial charge is 0.472 e. The number of aliphatic hydroxyl groups is 1. The first-order valence-corrected chi connectivity index (χ1v) is 45.6. The molecule has 0 bridgehead atoms. The molecule has 0 aliphatic rings. The minimum Gasteiger partial charge on any atom is -0.462 e. The second kappa shape index (κ2) is 74.9. The lowest BCUT2D eigenvalue weighted by molar-refractivity contribution is -0.161. The zero-order valence-corrected chi connectivity index (χ0v) is 67.8. The Kier molecular flexibility index (Phi) is 73.5. The van der Waals surface area contributed by atoms with Crippen molar-refractivity contribution >= 4 is 39.5 Å². The van der Waals surface area contributed by atoms with Crippen LogP contribution in [-0.4, -0.2) is 96.7 Å².